The maximum Gasteiger partial charge on any atom is 0.266 e. The molecule has 4 heterocycles. The summed E-state index contributed by atoms with van der Waals surface area (Å²) in [5.74, 6) is -1.81. The highest BCUT2D eigenvalue weighted by Gasteiger charge is 2.40. The Morgan fingerprint density at radius 3 is 2.52 bits per heavy atom. The number of halogens is 3. The summed E-state index contributed by atoms with van der Waals surface area (Å²) in [6, 6.07) is 0. The van der Waals surface area contributed by atoms with Crippen molar-refractivity contribution in [1.82, 2.24) is 29.9 Å². The topological polar surface area (TPSA) is 75.9 Å². The summed E-state index contributed by atoms with van der Waals surface area (Å²) in [5.41, 5.74) is 2.07. The minimum Gasteiger partial charge on any atom is -0.376 e. The Bertz CT molecular complexity index is 1120. The van der Waals surface area contributed by atoms with Gasteiger partial charge in [0, 0.05) is 50.4 Å². The molecule has 4 rings (SSSR count). The molecule has 0 saturated carbocycles. The Labute approximate surface area is 184 Å². The van der Waals surface area contributed by atoms with Crippen LogP contribution in [0.3, 0.4) is 0 Å². The lowest BCUT2D eigenvalue weighted by atomic mass is 9.96. The van der Waals surface area contributed by atoms with Crippen molar-refractivity contribution in [3.63, 3.8) is 0 Å². The number of rotatable bonds is 4. The second-order valence-electron chi connectivity index (χ2n) is 9.07. The lowest BCUT2D eigenvalue weighted by molar-refractivity contribution is 0.0257. The van der Waals surface area contributed by atoms with Gasteiger partial charge in [0.2, 0.25) is 5.65 Å². The molecule has 0 aromatic carbocycles. The van der Waals surface area contributed by atoms with Crippen LogP contribution in [0.2, 0.25) is 5.02 Å². The number of pyridine rings is 1. The molecule has 0 amide bonds. The van der Waals surface area contributed by atoms with Gasteiger partial charge in [-0.1, -0.05) is 32.4 Å². The van der Waals surface area contributed by atoms with Gasteiger partial charge in [-0.3, -0.25) is 4.98 Å². The molecule has 166 valence electrons. The minimum atomic E-state index is -2.75. The van der Waals surface area contributed by atoms with Crippen molar-refractivity contribution in [2.24, 2.45) is 0 Å². The fraction of sp³-hybridized carbons (Fsp3) is 0.550. The van der Waals surface area contributed by atoms with E-state index in [1.165, 1.54) is 4.80 Å². The Hall–Kier alpha value is -2.62. The first kappa shape index (κ1) is 21.6. The quantitative estimate of drug-likeness (QED) is 0.601. The summed E-state index contributed by atoms with van der Waals surface area (Å²) in [4.78, 5) is 18.3. The van der Waals surface area contributed by atoms with Crippen molar-refractivity contribution >= 4 is 34.3 Å². The molecule has 11 heteroatoms. The van der Waals surface area contributed by atoms with E-state index in [1.807, 2.05) is 39.8 Å². The molecule has 3 aromatic heterocycles. The Morgan fingerprint density at radius 2 is 1.90 bits per heavy atom. The van der Waals surface area contributed by atoms with E-state index >= 15 is 0 Å². The zero-order chi connectivity index (χ0) is 22.6. The van der Waals surface area contributed by atoms with Crippen molar-refractivity contribution in [2.75, 3.05) is 37.0 Å². The maximum absolute atomic E-state index is 13.9. The lowest BCUT2D eigenvalue weighted by Gasteiger charge is -2.21. The van der Waals surface area contributed by atoms with E-state index in [-0.39, 0.29) is 18.4 Å². The van der Waals surface area contributed by atoms with Crippen molar-refractivity contribution in [1.29, 1.82) is 0 Å². The molecule has 0 atom stereocenters. The molecule has 3 aromatic rings. The number of nitrogens with zero attached hydrogens (tertiary/aromatic N) is 8. The standard InChI is InChI=1S/C20H25ClF2N8/c1-19(2,3)18-25-16-14(17(26-18)30-7-6-20(22,23)11-30)27-31(28-16)10-12-8-24-9-13(21)15(12)29(4)5/h8-9H,6-7,10-11H2,1-5H3. The van der Waals surface area contributed by atoms with Gasteiger partial charge in [-0.15, -0.1) is 10.2 Å². The van der Waals surface area contributed by atoms with Gasteiger partial charge in [-0.2, -0.15) is 4.80 Å². The number of fused-ring (bicyclic) bond motifs is 1. The first-order chi connectivity index (χ1) is 14.4. The summed E-state index contributed by atoms with van der Waals surface area (Å²) < 4.78 is 27.8. The largest absolute Gasteiger partial charge is 0.376 e. The van der Waals surface area contributed by atoms with Crippen molar-refractivity contribution in [3.8, 4) is 0 Å². The average molecular weight is 451 g/mol. The van der Waals surface area contributed by atoms with E-state index in [4.69, 9.17) is 11.6 Å². The Morgan fingerprint density at radius 1 is 1.16 bits per heavy atom. The van der Waals surface area contributed by atoms with E-state index in [1.54, 1.807) is 17.3 Å². The van der Waals surface area contributed by atoms with E-state index in [0.29, 0.717) is 34.4 Å². The number of hydrogen-bond acceptors (Lipinski definition) is 7. The average Bonchev–Trinajstić information content (AvgIpc) is 3.22. The molecule has 0 N–H and O–H groups in total. The molecule has 0 aliphatic carbocycles. The third-order valence-corrected chi connectivity index (χ3v) is 5.40. The Kier molecular flexibility index (Phi) is 5.23. The predicted molar refractivity (Wildman–Crippen MR) is 116 cm³/mol. The van der Waals surface area contributed by atoms with Crippen molar-refractivity contribution in [2.45, 2.75) is 45.1 Å². The van der Waals surface area contributed by atoms with Crippen LogP contribution in [0.5, 0.6) is 0 Å². The van der Waals surface area contributed by atoms with Gasteiger partial charge in [-0.25, -0.2) is 18.7 Å². The van der Waals surface area contributed by atoms with Crippen LogP contribution in [-0.2, 0) is 12.0 Å². The molecule has 0 bridgehead atoms. The monoisotopic (exact) mass is 450 g/mol. The molecular weight excluding hydrogens is 426 g/mol. The molecule has 0 spiro atoms. The summed E-state index contributed by atoms with van der Waals surface area (Å²) >= 11 is 6.32. The molecule has 1 aliphatic rings. The van der Waals surface area contributed by atoms with Crippen LogP contribution < -0.4 is 9.80 Å². The van der Waals surface area contributed by atoms with Gasteiger partial charge >= 0.3 is 0 Å². The SMILES string of the molecule is CN(C)c1c(Cl)cncc1Cn1nc2nc(C(C)(C)C)nc(N3CCC(F)(F)C3)c2n1. The molecule has 0 radical (unpaired) electrons. The molecule has 1 aliphatic heterocycles. The van der Waals surface area contributed by atoms with E-state index in [0.717, 1.165) is 11.3 Å². The minimum absolute atomic E-state index is 0.207. The highest BCUT2D eigenvalue weighted by Crippen LogP contribution is 2.34. The van der Waals surface area contributed by atoms with Crippen LogP contribution in [0.25, 0.3) is 11.2 Å². The molecule has 31 heavy (non-hydrogen) atoms. The second kappa shape index (κ2) is 7.51. The zero-order valence-electron chi connectivity index (χ0n) is 18.2. The molecule has 8 nitrogen and oxygen atoms in total. The number of anilines is 2. The maximum atomic E-state index is 13.9. The first-order valence-electron chi connectivity index (χ1n) is 10.0. The highest BCUT2D eigenvalue weighted by molar-refractivity contribution is 6.33. The summed E-state index contributed by atoms with van der Waals surface area (Å²) in [6.07, 6.45) is 3.08. The fourth-order valence-corrected chi connectivity index (χ4v) is 3.97. The van der Waals surface area contributed by atoms with Crippen LogP contribution in [0.4, 0.5) is 20.3 Å². The predicted octanol–water partition coefficient (Wildman–Crippen LogP) is 3.53. The second-order valence-corrected chi connectivity index (χ2v) is 9.48. The van der Waals surface area contributed by atoms with Gasteiger partial charge in [0.1, 0.15) is 5.82 Å². The van der Waals surface area contributed by atoms with Gasteiger partial charge < -0.3 is 9.80 Å². The number of hydrogen-bond donors (Lipinski definition) is 0. The third-order valence-electron chi connectivity index (χ3n) is 5.12. The molecule has 1 saturated heterocycles. The number of aromatic nitrogens is 6. The summed E-state index contributed by atoms with van der Waals surface area (Å²) in [6.45, 7) is 6.04. The Balaban J connectivity index is 1.80. The number of alkyl halides is 2. The van der Waals surface area contributed by atoms with Gasteiger partial charge in [-0.05, 0) is 0 Å². The lowest BCUT2D eigenvalue weighted by Crippen LogP contribution is -2.27. The van der Waals surface area contributed by atoms with Crippen LogP contribution in [-0.4, -0.2) is 63.1 Å². The van der Waals surface area contributed by atoms with Gasteiger partial charge in [0.05, 0.1) is 23.8 Å². The first-order valence-corrected chi connectivity index (χ1v) is 10.4. The molecule has 0 unspecified atom stereocenters. The smallest absolute Gasteiger partial charge is 0.266 e. The molecule has 1 fully saturated rings. The summed E-state index contributed by atoms with van der Waals surface area (Å²) in [5, 5.41) is 9.61. The van der Waals surface area contributed by atoms with Crippen molar-refractivity contribution in [3.05, 3.63) is 28.8 Å². The fourth-order valence-electron chi connectivity index (χ4n) is 3.62. The van der Waals surface area contributed by atoms with Crippen LogP contribution >= 0.6 is 11.6 Å². The van der Waals surface area contributed by atoms with E-state index in [2.05, 4.69) is 25.1 Å². The molecular formula is C20H25ClF2N8. The highest BCUT2D eigenvalue weighted by atomic mass is 35.5. The van der Waals surface area contributed by atoms with Gasteiger partial charge in [0.25, 0.3) is 5.92 Å². The van der Waals surface area contributed by atoms with Crippen molar-refractivity contribution < 1.29 is 8.78 Å². The zero-order valence-corrected chi connectivity index (χ0v) is 19.0. The van der Waals surface area contributed by atoms with E-state index < -0.39 is 12.5 Å². The van der Waals surface area contributed by atoms with Crippen LogP contribution in [0, 0.1) is 0 Å². The van der Waals surface area contributed by atoms with E-state index in [9.17, 15) is 8.78 Å². The van der Waals surface area contributed by atoms with Gasteiger partial charge in [0.15, 0.2) is 11.3 Å². The normalized spacial score (nSPS) is 16.3. The van der Waals surface area contributed by atoms with Crippen LogP contribution in [0.15, 0.2) is 12.4 Å². The summed E-state index contributed by atoms with van der Waals surface area (Å²) in [7, 11) is 3.79. The van der Waals surface area contributed by atoms with Crippen LogP contribution in [0.1, 0.15) is 38.6 Å². The third kappa shape index (κ3) is 4.26.